The number of H-pyrrole nitrogens is 1. The first kappa shape index (κ1) is 20.7. The minimum absolute atomic E-state index is 0.00940. The highest BCUT2D eigenvalue weighted by atomic mass is 16.5. The van der Waals surface area contributed by atoms with Crippen LogP contribution in [0.25, 0.3) is 0 Å². The molecular weight excluding hydrogens is 364 g/mol. The number of rotatable bonds is 9. The molecule has 0 spiro atoms. The average molecular weight is 388 g/mol. The second-order valence-corrected chi connectivity index (χ2v) is 6.59. The van der Waals surface area contributed by atoms with E-state index in [4.69, 9.17) is 16.2 Å². The van der Waals surface area contributed by atoms with E-state index in [0.29, 0.717) is 17.9 Å². The van der Waals surface area contributed by atoms with Crippen molar-refractivity contribution in [2.24, 2.45) is 17.4 Å². The molecule has 10 nitrogen and oxygen atoms in total. The molecule has 0 radical (unpaired) electrons. The summed E-state index contributed by atoms with van der Waals surface area (Å²) in [7, 11) is 1.51. The fourth-order valence-electron chi connectivity index (χ4n) is 2.58. The number of methoxy groups -OCH3 is 1. The molecule has 0 saturated heterocycles. The number of hydrogen-bond donors (Lipinski definition) is 5. The largest absolute Gasteiger partial charge is 0.497 e. The van der Waals surface area contributed by atoms with Gasteiger partial charge in [-0.05, 0) is 24.5 Å². The van der Waals surface area contributed by atoms with Crippen molar-refractivity contribution in [2.45, 2.75) is 26.3 Å². The van der Waals surface area contributed by atoms with Crippen LogP contribution in [0, 0.1) is 5.92 Å². The second-order valence-electron chi connectivity index (χ2n) is 6.59. The van der Waals surface area contributed by atoms with E-state index in [9.17, 15) is 14.4 Å². The van der Waals surface area contributed by atoms with Gasteiger partial charge in [-0.15, -0.1) is 0 Å². The maximum atomic E-state index is 12.4. The molecule has 0 unspecified atom stereocenters. The van der Waals surface area contributed by atoms with Gasteiger partial charge in [0, 0.05) is 11.8 Å². The molecule has 7 N–H and O–H groups in total. The van der Waals surface area contributed by atoms with Crippen LogP contribution in [-0.4, -0.2) is 34.9 Å². The summed E-state index contributed by atoms with van der Waals surface area (Å²) >= 11 is 0. The van der Waals surface area contributed by atoms with E-state index in [-0.39, 0.29) is 23.2 Å². The number of aromatic nitrogens is 2. The van der Waals surface area contributed by atoms with Crippen LogP contribution in [-0.2, 0) is 4.79 Å². The number of benzene rings is 1. The highest BCUT2D eigenvalue weighted by Gasteiger charge is 2.21. The van der Waals surface area contributed by atoms with Gasteiger partial charge in [-0.25, -0.2) is 0 Å². The third-order valence-corrected chi connectivity index (χ3v) is 3.86. The van der Waals surface area contributed by atoms with Crippen LogP contribution in [0.5, 0.6) is 5.75 Å². The number of nitrogens with two attached hydrogens (primary N) is 2. The first-order valence-electron chi connectivity index (χ1n) is 8.62. The minimum atomic E-state index is -0.945. The lowest BCUT2D eigenvalue weighted by Crippen LogP contribution is -2.38. The van der Waals surface area contributed by atoms with Gasteiger partial charge < -0.3 is 26.8 Å². The van der Waals surface area contributed by atoms with Gasteiger partial charge in [-0.1, -0.05) is 19.9 Å². The molecule has 0 aliphatic carbocycles. The highest BCUT2D eigenvalue weighted by Crippen LogP contribution is 2.22. The van der Waals surface area contributed by atoms with Gasteiger partial charge in [-0.2, -0.15) is 4.98 Å². The smallest absolute Gasteiger partial charge is 0.267 e. The molecule has 1 aromatic carbocycles. The van der Waals surface area contributed by atoms with Crippen molar-refractivity contribution in [3.8, 4) is 5.75 Å². The molecule has 0 bridgehead atoms. The maximum Gasteiger partial charge on any atom is 0.267 e. The molecule has 10 heteroatoms. The maximum absolute atomic E-state index is 12.4. The second kappa shape index (κ2) is 8.89. The van der Waals surface area contributed by atoms with Crippen LogP contribution in [0.15, 0.2) is 29.1 Å². The van der Waals surface area contributed by atoms with Crippen molar-refractivity contribution in [3.05, 3.63) is 40.2 Å². The summed E-state index contributed by atoms with van der Waals surface area (Å²) in [5, 5.41) is 5.69. The normalized spacial score (nSPS) is 11.7. The topological polar surface area (TPSA) is 165 Å². The van der Waals surface area contributed by atoms with Crippen molar-refractivity contribution in [1.82, 2.24) is 9.97 Å². The third kappa shape index (κ3) is 5.22. The summed E-state index contributed by atoms with van der Waals surface area (Å²) in [6.45, 7) is 3.86. The number of ether oxygens (including phenoxy) is 1. The number of hydrogen-bond acceptors (Lipinski definition) is 7. The molecule has 1 atom stereocenters. The Morgan fingerprint density at radius 3 is 2.57 bits per heavy atom. The number of aromatic amines is 1. The van der Waals surface area contributed by atoms with E-state index in [1.54, 1.807) is 24.3 Å². The van der Waals surface area contributed by atoms with Crippen molar-refractivity contribution >= 4 is 29.3 Å². The van der Waals surface area contributed by atoms with Crippen LogP contribution in [0.2, 0.25) is 0 Å². The quantitative estimate of drug-likeness (QED) is 0.426. The zero-order valence-corrected chi connectivity index (χ0v) is 15.9. The van der Waals surface area contributed by atoms with Gasteiger partial charge in [0.15, 0.2) is 5.82 Å². The number of nitrogens with zero attached hydrogens (tertiary/aromatic N) is 1. The Balaban J connectivity index is 2.43. The molecule has 1 aromatic heterocycles. The number of carbonyl (C=O) groups excluding carboxylic acids is 2. The molecule has 150 valence electrons. The van der Waals surface area contributed by atoms with Crippen molar-refractivity contribution in [2.75, 3.05) is 17.7 Å². The average Bonchev–Trinajstić information content (AvgIpc) is 2.60. The molecule has 2 aromatic rings. The van der Waals surface area contributed by atoms with Crippen LogP contribution >= 0.6 is 0 Å². The molecule has 28 heavy (non-hydrogen) atoms. The summed E-state index contributed by atoms with van der Waals surface area (Å²) in [6.07, 6.45) is 0.440. The van der Waals surface area contributed by atoms with Crippen LogP contribution in [0.4, 0.5) is 17.5 Å². The molecule has 1 heterocycles. The van der Waals surface area contributed by atoms with E-state index in [1.165, 1.54) is 7.11 Å². The fraction of sp³-hybridized carbons (Fsp3) is 0.333. The van der Waals surface area contributed by atoms with Gasteiger partial charge in [0.2, 0.25) is 11.9 Å². The monoisotopic (exact) mass is 388 g/mol. The number of anilines is 3. The van der Waals surface area contributed by atoms with Crippen LogP contribution in [0.1, 0.15) is 30.6 Å². The van der Waals surface area contributed by atoms with Gasteiger partial charge in [0.1, 0.15) is 17.4 Å². The van der Waals surface area contributed by atoms with E-state index in [1.807, 2.05) is 13.8 Å². The molecule has 0 aliphatic rings. The molecular formula is C18H24N6O4. The molecule has 2 amide bonds. The minimum Gasteiger partial charge on any atom is -0.497 e. The Morgan fingerprint density at radius 1 is 1.29 bits per heavy atom. The Kier molecular flexibility index (Phi) is 6.59. The Hall–Kier alpha value is -3.56. The SMILES string of the molecule is COc1cccc(Nc2nc(N[C@H](CC(C)C)C(N)=O)[nH]c(=O)c2C(N)=O)c1. The Labute approximate surface area is 161 Å². The van der Waals surface area contributed by atoms with Crippen LogP contribution in [0.3, 0.4) is 0 Å². The van der Waals surface area contributed by atoms with E-state index in [0.717, 1.165) is 0 Å². The number of amides is 2. The van der Waals surface area contributed by atoms with Crippen molar-refractivity contribution in [3.63, 3.8) is 0 Å². The van der Waals surface area contributed by atoms with Gasteiger partial charge in [0.25, 0.3) is 11.5 Å². The van der Waals surface area contributed by atoms with Crippen molar-refractivity contribution in [1.29, 1.82) is 0 Å². The predicted octanol–water partition coefficient (Wildman–Crippen LogP) is 0.933. The predicted molar refractivity (Wildman–Crippen MR) is 106 cm³/mol. The Bertz CT molecular complexity index is 925. The molecule has 0 fully saturated rings. The summed E-state index contributed by atoms with van der Waals surface area (Å²) < 4.78 is 5.15. The van der Waals surface area contributed by atoms with E-state index in [2.05, 4.69) is 20.6 Å². The highest BCUT2D eigenvalue weighted by molar-refractivity contribution is 5.98. The zero-order chi connectivity index (χ0) is 20.8. The van der Waals surface area contributed by atoms with E-state index < -0.39 is 23.4 Å². The third-order valence-electron chi connectivity index (χ3n) is 3.86. The summed E-state index contributed by atoms with van der Waals surface area (Å²) in [5.41, 5.74) is 10.2. The van der Waals surface area contributed by atoms with E-state index >= 15 is 0 Å². The zero-order valence-electron chi connectivity index (χ0n) is 15.9. The van der Waals surface area contributed by atoms with Crippen molar-refractivity contribution < 1.29 is 14.3 Å². The van der Waals surface area contributed by atoms with Gasteiger partial charge in [0.05, 0.1) is 7.11 Å². The lowest BCUT2D eigenvalue weighted by Gasteiger charge is -2.18. The first-order chi connectivity index (χ1) is 13.2. The van der Waals surface area contributed by atoms with Gasteiger partial charge in [-0.3, -0.25) is 19.4 Å². The lowest BCUT2D eigenvalue weighted by atomic mass is 10.0. The molecule has 0 saturated carbocycles. The molecule has 2 rings (SSSR count). The standard InChI is InChI=1S/C18H24N6O4/c1-9(2)7-12(14(19)25)22-18-23-16(13(15(20)26)17(27)24-18)21-10-5-4-6-11(8-10)28-3/h4-6,8-9,12H,7H2,1-3H3,(H2,19,25)(H2,20,26)(H3,21,22,23,24,27)/t12-/m1/s1. The number of nitrogens with one attached hydrogen (secondary N) is 3. The summed E-state index contributed by atoms with van der Waals surface area (Å²) in [4.78, 5) is 42.4. The molecule has 0 aliphatic heterocycles. The fourth-order valence-corrected chi connectivity index (χ4v) is 2.58. The van der Waals surface area contributed by atoms with Crippen LogP contribution < -0.4 is 32.4 Å². The van der Waals surface area contributed by atoms with Gasteiger partial charge >= 0.3 is 0 Å². The summed E-state index contributed by atoms with van der Waals surface area (Å²) in [6, 6.07) is 6.08. The number of carbonyl (C=O) groups is 2. The Morgan fingerprint density at radius 2 is 2.00 bits per heavy atom. The lowest BCUT2D eigenvalue weighted by molar-refractivity contribution is -0.119. The number of primary amides is 2. The summed E-state index contributed by atoms with van der Waals surface area (Å²) in [5.74, 6) is -0.850. The first-order valence-corrected chi connectivity index (χ1v) is 8.62.